The van der Waals surface area contributed by atoms with Crippen LogP contribution in [-0.2, 0) is 0 Å². The zero-order valence-electron chi connectivity index (χ0n) is 12.9. The molecule has 104 valence electrons. The minimum atomic E-state index is 0.991. The first-order valence-corrected chi connectivity index (χ1v) is 8.28. The van der Waals surface area contributed by atoms with Crippen LogP contribution in [0, 0.1) is 11.8 Å². The van der Waals surface area contributed by atoms with Gasteiger partial charge in [-0.25, -0.2) is 0 Å². The Balaban J connectivity index is 3.72. The summed E-state index contributed by atoms with van der Waals surface area (Å²) in [4.78, 5) is 0. The lowest BCUT2D eigenvalue weighted by Gasteiger charge is -2.19. The summed E-state index contributed by atoms with van der Waals surface area (Å²) in [6, 6.07) is 0. The molecule has 0 nitrogen and oxygen atoms in total. The minimum absolute atomic E-state index is 0.991. The molecule has 0 aliphatic heterocycles. The zero-order chi connectivity index (χ0) is 12.9. The number of hydrogen-bond donors (Lipinski definition) is 0. The fourth-order valence-corrected chi connectivity index (χ4v) is 2.87. The molecule has 0 saturated carbocycles. The van der Waals surface area contributed by atoms with Crippen molar-refractivity contribution in [2.45, 2.75) is 98.3 Å². The molecule has 0 aromatic heterocycles. The minimum Gasteiger partial charge on any atom is -0.0654 e. The standard InChI is InChI=1S/C17H36/c1-5-9-10-11-13-17(12-6-2)15-14-16(7-3)8-4/h16-17H,5-15H2,1-4H3. The van der Waals surface area contributed by atoms with Gasteiger partial charge in [-0.05, 0) is 11.8 Å². The molecule has 0 rings (SSSR count). The highest BCUT2D eigenvalue weighted by atomic mass is 14.2. The Bertz CT molecular complexity index is 135. The third-order valence-electron chi connectivity index (χ3n) is 4.30. The molecule has 0 aliphatic rings. The molecule has 0 aliphatic carbocycles. The maximum absolute atomic E-state index is 2.35. The fourth-order valence-electron chi connectivity index (χ4n) is 2.87. The second kappa shape index (κ2) is 12.5. The van der Waals surface area contributed by atoms with Gasteiger partial charge in [-0.15, -0.1) is 0 Å². The van der Waals surface area contributed by atoms with Crippen molar-refractivity contribution < 1.29 is 0 Å². The van der Waals surface area contributed by atoms with Gasteiger partial charge in [0.05, 0.1) is 0 Å². The molecule has 0 spiro atoms. The first-order chi connectivity index (χ1) is 8.28. The van der Waals surface area contributed by atoms with Crippen molar-refractivity contribution in [2.24, 2.45) is 11.8 Å². The van der Waals surface area contributed by atoms with Crippen molar-refractivity contribution in [1.29, 1.82) is 0 Å². The second-order valence-electron chi connectivity index (χ2n) is 5.76. The van der Waals surface area contributed by atoms with Gasteiger partial charge in [-0.1, -0.05) is 98.3 Å². The van der Waals surface area contributed by atoms with Gasteiger partial charge in [0.2, 0.25) is 0 Å². The van der Waals surface area contributed by atoms with Gasteiger partial charge in [-0.2, -0.15) is 0 Å². The van der Waals surface area contributed by atoms with E-state index in [2.05, 4.69) is 27.7 Å². The van der Waals surface area contributed by atoms with Gasteiger partial charge >= 0.3 is 0 Å². The van der Waals surface area contributed by atoms with Gasteiger partial charge in [0.1, 0.15) is 0 Å². The van der Waals surface area contributed by atoms with Crippen LogP contribution >= 0.6 is 0 Å². The molecule has 0 aromatic rings. The lowest BCUT2D eigenvalue weighted by Crippen LogP contribution is -2.05. The Kier molecular flexibility index (Phi) is 12.5. The Hall–Kier alpha value is 0. The van der Waals surface area contributed by atoms with Gasteiger partial charge in [0.15, 0.2) is 0 Å². The highest BCUT2D eigenvalue weighted by molar-refractivity contribution is 4.63. The normalized spacial score (nSPS) is 13.2. The molecular formula is C17H36. The SMILES string of the molecule is CCCCCCC(CCC)CCC(CC)CC. The molecule has 0 heterocycles. The maximum atomic E-state index is 2.35. The Labute approximate surface area is 111 Å². The molecule has 0 bridgehead atoms. The van der Waals surface area contributed by atoms with Crippen LogP contribution in [-0.4, -0.2) is 0 Å². The van der Waals surface area contributed by atoms with E-state index in [1.54, 1.807) is 0 Å². The summed E-state index contributed by atoms with van der Waals surface area (Å²) in [6.07, 6.45) is 15.8. The monoisotopic (exact) mass is 240 g/mol. The van der Waals surface area contributed by atoms with Crippen molar-refractivity contribution in [3.05, 3.63) is 0 Å². The van der Waals surface area contributed by atoms with E-state index in [4.69, 9.17) is 0 Å². The summed E-state index contributed by atoms with van der Waals surface area (Å²) < 4.78 is 0. The van der Waals surface area contributed by atoms with Crippen LogP contribution in [0.2, 0.25) is 0 Å². The highest BCUT2D eigenvalue weighted by Crippen LogP contribution is 2.25. The molecule has 0 fully saturated rings. The van der Waals surface area contributed by atoms with Gasteiger partial charge in [0, 0.05) is 0 Å². The summed E-state index contributed by atoms with van der Waals surface area (Å²) in [6.45, 7) is 9.35. The molecule has 17 heavy (non-hydrogen) atoms. The summed E-state index contributed by atoms with van der Waals surface area (Å²) in [5.41, 5.74) is 0. The predicted molar refractivity (Wildman–Crippen MR) is 80.5 cm³/mol. The van der Waals surface area contributed by atoms with Gasteiger partial charge < -0.3 is 0 Å². The maximum Gasteiger partial charge on any atom is -0.0414 e. The quantitative estimate of drug-likeness (QED) is 0.338. The van der Waals surface area contributed by atoms with Crippen LogP contribution in [0.4, 0.5) is 0 Å². The fraction of sp³-hybridized carbons (Fsp3) is 1.00. The van der Waals surface area contributed by atoms with Crippen molar-refractivity contribution >= 4 is 0 Å². The predicted octanol–water partition coefficient (Wildman–Crippen LogP) is 6.59. The van der Waals surface area contributed by atoms with Crippen LogP contribution < -0.4 is 0 Å². The van der Waals surface area contributed by atoms with Crippen LogP contribution in [0.5, 0.6) is 0 Å². The van der Waals surface area contributed by atoms with E-state index in [1.807, 2.05) is 0 Å². The molecule has 0 saturated heterocycles. The largest absolute Gasteiger partial charge is 0.0654 e. The van der Waals surface area contributed by atoms with Gasteiger partial charge in [0.25, 0.3) is 0 Å². The second-order valence-corrected chi connectivity index (χ2v) is 5.76. The van der Waals surface area contributed by atoms with Crippen LogP contribution in [0.25, 0.3) is 0 Å². The zero-order valence-corrected chi connectivity index (χ0v) is 12.9. The summed E-state index contributed by atoms with van der Waals surface area (Å²) in [5, 5.41) is 0. The first-order valence-electron chi connectivity index (χ1n) is 8.28. The van der Waals surface area contributed by atoms with E-state index < -0.39 is 0 Å². The van der Waals surface area contributed by atoms with E-state index in [0.717, 1.165) is 11.8 Å². The van der Waals surface area contributed by atoms with E-state index in [1.165, 1.54) is 70.6 Å². The third-order valence-corrected chi connectivity index (χ3v) is 4.30. The first kappa shape index (κ1) is 17.0. The van der Waals surface area contributed by atoms with Crippen molar-refractivity contribution in [1.82, 2.24) is 0 Å². The Morgan fingerprint density at radius 3 is 1.71 bits per heavy atom. The molecular weight excluding hydrogens is 204 g/mol. The summed E-state index contributed by atoms with van der Waals surface area (Å²) >= 11 is 0. The average molecular weight is 240 g/mol. The van der Waals surface area contributed by atoms with Crippen molar-refractivity contribution in [3.63, 3.8) is 0 Å². The molecule has 0 aromatic carbocycles. The molecule has 0 heteroatoms. The number of rotatable bonds is 12. The average Bonchev–Trinajstić information content (AvgIpc) is 2.35. The third kappa shape index (κ3) is 9.68. The van der Waals surface area contributed by atoms with Crippen molar-refractivity contribution in [3.8, 4) is 0 Å². The van der Waals surface area contributed by atoms with Gasteiger partial charge in [-0.3, -0.25) is 0 Å². The van der Waals surface area contributed by atoms with Crippen LogP contribution in [0.1, 0.15) is 98.3 Å². The van der Waals surface area contributed by atoms with Crippen molar-refractivity contribution in [2.75, 3.05) is 0 Å². The highest BCUT2D eigenvalue weighted by Gasteiger charge is 2.10. The molecule has 1 unspecified atom stereocenters. The Morgan fingerprint density at radius 2 is 1.18 bits per heavy atom. The topological polar surface area (TPSA) is 0 Å². The molecule has 0 radical (unpaired) electrons. The van der Waals surface area contributed by atoms with E-state index in [9.17, 15) is 0 Å². The molecule has 0 N–H and O–H groups in total. The number of unbranched alkanes of at least 4 members (excludes halogenated alkanes) is 3. The summed E-state index contributed by atoms with van der Waals surface area (Å²) in [5.74, 6) is 2.02. The lowest BCUT2D eigenvalue weighted by atomic mass is 9.87. The summed E-state index contributed by atoms with van der Waals surface area (Å²) in [7, 11) is 0. The molecule has 0 amide bonds. The van der Waals surface area contributed by atoms with Crippen LogP contribution in [0.3, 0.4) is 0 Å². The van der Waals surface area contributed by atoms with E-state index in [-0.39, 0.29) is 0 Å². The van der Waals surface area contributed by atoms with E-state index in [0.29, 0.717) is 0 Å². The van der Waals surface area contributed by atoms with E-state index >= 15 is 0 Å². The number of hydrogen-bond acceptors (Lipinski definition) is 0. The van der Waals surface area contributed by atoms with Crippen LogP contribution in [0.15, 0.2) is 0 Å². The lowest BCUT2D eigenvalue weighted by molar-refractivity contribution is 0.337. The Morgan fingerprint density at radius 1 is 0.529 bits per heavy atom. The molecule has 1 atom stereocenters. The smallest absolute Gasteiger partial charge is 0.0414 e.